The van der Waals surface area contributed by atoms with Crippen LogP contribution in [0, 0.1) is 0 Å². The molecular weight excluding hydrogens is 126 g/mol. The van der Waals surface area contributed by atoms with Gasteiger partial charge in [0.05, 0.1) is 0 Å². The Kier molecular flexibility index (Phi) is 3.64. The van der Waals surface area contributed by atoms with E-state index in [0.717, 1.165) is 0 Å². The van der Waals surface area contributed by atoms with Gasteiger partial charge in [0, 0.05) is 0 Å². The Balaban J connectivity index is 3.05. The summed E-state index contributed by atoms with van der Waals surface area (Å²) in [7, 11) is 0. The molecule has 0 radical (unpaired) electrons. The Morgan fingerprint density at radius 1 is 1.75 bits per heavy atom. The van der Waals surface area contributed by atoms with Crippen molar-refractivity contribution < 1.29 is 9.90 Å². The molecule has 50 valence electrons. The van der Waals surface area contributed by atoms with Crippen LogP contribution in [0.1, 0.15) is 0 Å². The average Bonchev–Trinajstić information content (AvgIpc) is 1.61. The molecule has 0 rings (SSSR count). The maximum Gasteiger partial charge on any atom is 0.318 e. The first-order chi connectivity index (χ1) is 3.63. The van der Waals surface area contributed by atoms with E-state index in [0.29, 0.717) is 0 Å². The minimum Gasteiger partial charge on any atom is -0.480 e. The Bertz CT molecular complexity index is 84.1. The quantitative estimate of drug-likeness (QED) is 0.474. The highest BCUT2D eigenvalue weighted by molar-refractivity contribution is 8.14. The molecule has 0 atom stereocenters. The van der Waals surface area contributed by atoms with Crippen LogP contribution in [0.3, 0.4) is 0 Å². The van der Waals surface area contributed by atoms with E-state index in [-0.39, 0.29) is 17.6 Å². The van der Waals surface area contributed by atoms with Gasteiger partial charge < -0.3 is 5.11 Å². The minimum atomic E-state index is -0.791. The summed E-state index contributed by atoms with van der Waals surface area (Å²) in [6.45, 7) is 0.0820. The Labute approximate surface area is 51.6 Å². The lowest BCUT2D eigenvalue weighted by Gasteiger charge is -2.07. The van der Waals surface area contributed by atoms with Gasteiger partial charge in [-0.25, -0.2) is 11.1 Å². The largest absolute Gasteiger partial charge is 0.480 e. The SMILES string of the molecule is C[SH](C)NCC(=O)O. The maximum absolute atomic E-state index is 9.85. The zero-order valence-corrected chi connectivity index (χ0v) is 5.90. The number of nitrogens with one attached hydrogen (secondary N) is 1. The van der Waals surface area contributed by atoms with Gasteiger partial charge in [-0.05, 0) is 12.5 Å². The van der Waals surface area contributed by atoms with E-state index < -0.39 is 5.97 Å². The summed E-state index contributed by atoms with van der Waals surface area (Å²) in [6.07, 6.45) is 3.94. The predicted octanol–water partition coefficient (Wildman–Crippen LogP) is -0.164. The molecule has 0 saturated heterocycles. The number of carbonyl (C=O) groups is 1. The van der Waals surface area contributed by atoms with Crippen LogP contribution in [0.15, 0.2) is 0 Å². The summed E-state index contributed by atoms with van der Waals surface area (Å²) in [4.78, 5) is 9.85. The molecule has 0 aliphatic rings. The van der Waals surface area contributed by atoms with Crippen LogP contribution in [0.2, 0.25) is 0 Å². The smallest absolute Gasteiger partial charge is 0.318 e. The molecule has 0 aromatic carbocycles. The average molecular weight is 137 g/mol. The van der Waals surface area contributed by atoms with Crippen LogP contribution >= 0.6 is 11.1 Å². The third kappa shape index (κ3) is 5.78. The number of carboxylic acid groups (broad SMARTS) is 1. The van der Waals surface area contributed by atoms with Crippen LogP contribution in [-0.4, -0.2) is 30.1 Å². The van der Waals surface area contributed by atoms with Crippen LogP contribution in [0.4, 0.5) is 0 Å². The summed E-state index contributed by atoms with van der Waals surface area (Å²) in [5, 5.41) is 8.11. The zero-order chi connectivity index (χ0) is 6.57. The van der Waals surface area contributed by atoms with Crippen molar-refractivity contribution in [3.63, 3.8) is 0 Å². The lowest BCUT2D eigenvalue weighted by Crippen LogP contribution is -2.18. The summed E-state index contributed by atoms with van der Waals surface area (Å²) in [6, 6.07) is 0. The van der Waals surface area contributed by atoms with Crippen molar-refractivity contribution in [2.45, 2.75) is 0 Å². The second-order valence-electron chi connectivity index (χ2n) is 1.62. The van der Waals surface area contributed by atoms with E-state index in [9.17, 15) is 4.79 Å². The monoisotopic (exact) mass is 137 g/mol. The normalized spacial score (nSPS) is 11.0. The van der Waals surface area contributed by atoms with Crippen molar-refractivity contribution in [1.82, 2.24) is 4.72 Å². The van der Waals surface area contributed by atoms with E-state index >= 15 is 0 Å². The Morgan fingerprint density at radius 2 is 2.25 bits per heavy atom. The van der Waals surface area contributed by atoms with Gasteiger partial charge in [0.1, 0.15) is 6.54 Å². The van der Waals surface area contributed by atoms with Gasteiger partial charge >= 0.3 is 5.97 Å². The standard InChI is InChI=1S/C4H11NO2S/c1-8(2)5-3-4(6)7/h5,8H,3H2,1-2H3,(H,6,7). The van der Waals surface area contributed by atoms with Crippen molar-refractivity contribution in [2.24, 2.45) is 0 Å². The Morgan fingerprint density at radius 3 is 2.38 bits per heavy atom. The first-order valence-electron chi connectivity index (χ1n) is 2.25. The summed E-state index contributed by atoms with van der Waals surface area (Å²) >= 11 is -0.264. The molecule has 0 unspecified atom stereocenters. The zero-order valence-electron chi connectivity index (χ0n) is 5.01. The Hall–Kier alpha value is -0.220. The van der Waals surface area contributed by atoms with Gasteiger partial charge in [0.25, 0.3) is 0 Å². The van der Waals surface area contributed by atoms with Gasteiger partial charge in [-0.1, -0.05) is 0 Å². The second kappa shape index (κ2) is 3.74. The molecule has 4 heteroatoms. The molecule has 0 amide bonds. The van der Waals surface area contributed by atoms with E-state index in [1.165, 1.54) is 0 Å². The van der Waals surface area contributed by atoms with Crippen molar-refractivity contribution in [3.05, 3.63) is 0 Å². The van der Waals surface area contributed by atoms with Crippen molar-refractivity contribution in [3.8, 4) is 0 Å². The summed E-state index contributed by atoms with van der Waals surface area (Å²) < 4.78 is 2.81. The van der Waals surface area contributed by atoms with Crippen LogP contribution in [0.25, 0.3) is 0 Å². The highest BCUT2D eigenvalue weighted by Crippen LogP contribution is 2.02. The van der Waals surface area contributed by atoms with Gasteiger partial charge in [-0.2, -0.15) is 0 Å². The molecule has 8 heavy (non-hydrogen) atoms. The molecule has 2 N–H and O–H groups in total. The fourth-order valence-corrected chi connectivity index (χ4v) is 0.677. The number of hydrogen-bond acceptors (Lipinski definition) is 2. The molecule has 0 heterocycles. The first kappa shape index (κ1) is 7.78. The lowest BCUT2D eigenvalue weighted by atomic mass is 10.7. The van der Waals surface area contributed by atoms with Gasteiger partial charge in [0.15, 0.2) is 0 Å². The molecular formula is C4H11NO2S. The summed E-state index contributed by atoms with van der Waals surface area (Å²) in [5.41, 5.74) is 0. The minimum absolute atomic E-state index is 0.0820. The summed E-state index contributed by atoms with van der Waals surface area (Å²) in [5.74, 6) is -0.791. The first-order valence-corrected chi connectivity index (χ1v) is 4.49. The molecule has 0 fully saturated rings. The number of carboxylic acids is 1. The number of aliphatic carboxylic acids is 1. The highest BCUT2D eigenvalue weighted by Gasteiger charge is 1.93. The van der Waals surface area contributed by atoms with Gasteiger partial charge in [-0.3, -0.25) is 9.52 Å². The topological polar surface area (TPSA) is 49.3 Å². The fourth-order valence-electron chi connectivity index (χ4n) is 0.226. The number of rotatable bonds is 3. The third-order valence-electron chi connectivity index (χ3n) is 0.547. The van der Waals surface area contributed by atoms with E-state index in [2.05, 4.69) is 4.72 Å². The molecule has 0 spiro atoms. The molecule has 0 aromatic heterocycles. The van der Waals surface area contributed by atoms with Crippen LogP contribution in [0.5, 0.6) is 0 Å². The van der Waals surface area contributed by atoms with E-state index in [4.69, 9.17) is 5.11 Å². The van der Waals surface area contributed by atoms with Gasteiger partial charge in [-0.15, -0.1) is 0 Å². The third-order valence-corrected chi connectivity index (χ3v) is 1.34. The lowest BCUT2D eigenvalue weighted by molar-refractivity contribution is -0.135. The molecule has 0 aliphatic heterocycles. The van der Waals surface area contributed by atoms with Crippen LogP contribution in [-0.2, 0) is 4.79 Å². The predicted molar refractivity (Wildman–Crippen MR) is 36.5 cm³/mol. The second-order valence-corrected chi connectivity index (χ2v) is 3.73. The van der Waals surface area contributed by atoms with Crippen LogP contribution < -0.4 is 4.72 Å². The number of hydrogen-bond donors (Lipinski definition) is 3. The molecule has 0 bridgehead atoms. The molecule has 0 saturated carbocycles. The number of thiol groups is 1. The van der Waals surface area contributed by atoms with E-state index in [1.807, 2.05) is 12.5 Å². The fraction of sp³-hybridized carbons (Fsp3) is 0.750. The van der Waals surface area contributed by atoms with Gasteiger partial charge in [0.2, 0.25) is 0 Å². The maximum atomic E-state index is 9.85. The van der Waals surface area contributed by atoms with Crippen molar-refractivity contribution in [2.75, 3.05) is 19.1 Å². The highest BCUT2D eigenvalue weighted by atomic mass is 32.2. The molecule has 0 aromatic rings. The van der Waals surface area contributed by atoms with E-state index in [1.54, 1.807) is 0 Å². The molecule has 3 nitrogen and oxygen atoms in total. The van der Waals surface area contributed by atoms with Crippen molar-refractivity contribution in [1.29, 1.82) is 0 Å². The molecule has 0 aliphatic carbocycles. The van der Waals surface area contributed by atoms with Crippen molar-refractivity contribution >= 4 is 17.1 Å².